The first-order valence-electron chi connectivity index (χ1n) is 10.9. The largest absolute Gasteiger partial charge is 0.488 e. The lowest BCUT2D eigenvalue weighted by molar-refractivity contribution is 0.0950. The molecule has 5 aromatic rings. The van der Waals surface area contributed by atoms with Crippen LogP contribution in [-0.2, 0) is 6.61 Å². The van der Waals surface area contributed by atoms with Gasteiger partial charge in [0.25, 0.3) is 5.91 Å². The molecule has 5 rings (SSSR count). The summed E-state index contributed by atoms with van der Waals surface area (Å²) in [6.07, 6.45) is 1.57. The minimum absolute atomic E-state index is 0.328. The second kappa shape index (κ2) is 9.83. The summed E-state index contributed by atoms with van der Waals surface area (Å²) in [5.41, 5.74) is 6.34. The van der Waals surface area contributed by atoms with Crippen LogP contribution < -0.4 is 10.2 Å². The molecule has 1 amide bonds. The Hall–Kier alpha value is -4.71. The number of carbonyl (C=O) groups excluding carboxylic acids is 1. The molecule has 6 nitrogen and oxygen atoms in total. The molecule has 0 aliphatic carbocycles. The summed E-state index contributed by atoms with van der Waals surface area (Å²) < 4.78 is 5.93. The third kappa shape index (κ3) is 4.86. The van der Waals surface area contributed by atoms with Gasteiger partial charge in [-0.15, -0.1) is 0 Å². The van der Waals surface area contributed by atoms with E-state index in [0.29, 0.717) is 23.7 Å². The van der Waals surface area contributed by atoms with E-state index in [1.807, 2.05) is 78.9 Å². The number of nitrogens with zero attached hydrogens (tertiary/aromatic N) is 2. The summed E-state index contributed by atoms with van der Waals surface area (Å²) >= 11 is 0. The average Bonchev–Trinajstić information content (AvgIpc) is 3.39. The number of aromatic amines is 1. The zero-order valence-electron chi connectivity index (χ0n) is 18.3. The fourth-order valence-electron chi connectivity index (χ4n) is 3.61. The predicted molar refractivity (Wildman–Crippen MR) is 134 cm³/mol. The number of fused-ring (bicyclic) bond motifs is 1. The van der Waals surface area contributed by atoms with Crippen molar-refractivity contribution in [2.45, 2.75) is 6.61 Å². The molecule has 4 aromatic carbocycles. The molecule has 0 aliphatic rings. The van der Waals surface area contributed by atoms with Crippen LogP contribution in [0.1, 0.15) is 21.6 Å². The van der Waals surface area contributed by atoms with Crippen molar-refractivity contribution in [1.82, 2.24) is 15.6 Å². The van der Waals surface area contributed by atoms with Crippen LogP contribution in [0.15, 0.2) is 108 Å². The summed E-state index contributed by atoms with van der Waals surface area (Å²) in [7, 11) is 0. The van der Waals surface area contributed by atoms with E-state index in [2.05, 4.69) is 38.9 Å². The van der Waals surface area contributed by atoms with Gasteiger partial charge in [0, 0.05) is 11.1 Å². The highest BCUT2D eigenvalue weighted by molar-refractivity contribution is 5.95. The minimum Gasteiger partial charge on any atom is -0.488 e. The van der Waals surface area contributed by atoms with Crippen molar-refractivity contribution in [2.24, 2.45) is 5.10 Å². The lowest BCUT2D eigenvalue weighted by Crippen LogP contribution is -2.18. The summed E-state index contributed by atoms with van der Waals surface area (Å²) in [5, 5.41) is 13.5. The molecule has 2 N–H and O–H groups in total. The van der Waals surface area contributed by atoms with Crippen LogP contribution in [0, 0.1) is 0 Å². The van der Waals surface area contributed by atoms with Crippen LogP contribution in [0.5, 0.6) is 5.75 Å². The van der Waals surface area contributed by atoms with Crippen LogP contribution in [0.2, 0.25) is 0 Å². The SMILES string of the molecule is O=C(NN=Cc1ccccc1OCc1ccccc1)c1cc(-c2ccc3ccccc3c2)n[nH]1. The molecule has 0 aliphatic heterocycles. The van der Waals surface area contributed by atoms with Gasteiger partial charge in [0.1, 0.15) is 18.1 Å². The molecule has 1 aromatic heterocycles. The van der Waals surface area contributed by atoms with Crippen LogP contribution in [0.4, 0.5) is 0 Å². The Bertz CT molecular complexity index is 1460. The zero-order valence-corrected chi connectivity index (χ0v) is 18.3. The van der Waals surface area contributed by atoms with Gasteiger partial charge in [-0.25, -0.2) is 5.43 Å². The Morgan fingerprint density at radius 3 is 2.53 bits per heavy atom. The van der Waals surface area contributed by atoms with Crippen LogP contribution >= 0.6 is 0 Å². The minimum atomic E-state index is -0.376. The van der Waals surface area contributed by atoms with Crippen molar-refractivity contribution in [3.8, 4) is 17.0 Å². The normalized spacial score (nSPS) is 11.1. The Balaban J connectivity index is 1.24. The van der Waals surface area contributed by atoms with E-state index in [4.69, 9.17) is 4.74 Å². The van der Waals surface area contributed by atoms with E-state index in [1.165, 1.54) is 0 Å². The highest BCUT2D eigenvalue weighted by Crippen LogP contribution is 2.23. The van der Waals surface area contributed by atoms with Crippen molar-refractivity contribution in [1.29, 1.82) is 0 Å². The third-order valence-electron chi connectivity index (χ3n) is 5.39. The zero-order chi connectivity index (χ0) is 23.2. The number of para-hydroxylation sites is 1. The molecule has 0 unspecified atom stereocenters. The number of aromatic nitrogens is 2. The average molecular weight is 447 g/mol. The molecule has 0 atom stereocenters. The van der Waals surface area contributed by atoms with Crippen molar-refractivity contribution >= 4 is 22.9 Å². The summed E-state index contributed by atoms with van der Waals surface area (Å²) in [4.78, 5) is 12.6. The summed E-state index contributed by atoms with van der Waals surface area (Å²) in [6, 6.07) is 33.4. The van der Waals surface area contributed by atoms with Crippen molar-refractivity contribution in [3.05, 3.63) is 120 Å². The smallest absolute Gasteiger partial charge is 0.289 e. The van der Waals surface area contributed by atoms with Gasteiger partial charge in [-0.2, -0.15) is 10.2 Å². The van der Waals surface area contributed by atoms with Gasteiger partial charge in [-0.3, -0.25) is 9.89 Å². The van der Waals surface area contributed by atoms with Gasteiger partial charge < -0.3 is 4.74 Å². The molecular formula is C28H22N4O2. The highest BCUT2D eigenvalue weighted by atomic mass is 16.5. The van der Waals surface area contributed by atoms with Crippen LogP contribution in [-0.4, -0.2) is 22.3 Å². The molecule has 0 fully saturated rings. The van der Waals surface area contributed by atoms with Gasteiger partial charge in [-0.05, 0) is 40.6 Å². The van der Waals surface area contributed by atoms with E-state index in [0.717, 1.165) is 27.5 Å². The van der Waals surface area contributed by atoms with E-state index in [1.54, 1.807) is 12.3 Å². The second-order valence-electron chi connectivity index (χ2n) is 7.74. The van der Waals surface area contributed by atoms with Gasteiger partial charge in [0.15, 0.2) is 0 Å². The maximum Gasteiger partial charge on any atom is 0.289 e. The Morgan fingerprint density at radius 2 is 1.65 bits per heavy atom. The van der Waals surface area contributed by atoms with E-state index < -0.39 is 0 Å². The maximum atomic E-state index is 12.6. The van der Waals surface area contributed by atoms with Gasteiger partial charge in [0.2, 0.25) is 0 Å². The fourth-order valence-corrected chi connectivity index (χ4v) is 3.61. The molecule has 34 heavy (non-hydrogen) atoms. The van der Waals surface area contributed by atoms with Crippen molar-refractivity contribution < 1.29 is 9.53 Å². The Labute approximate surface area is 196 Å². The van der Waals surface area contributed by atoms with Gasteiger partial charge in [0.05, 0.1) is 11.9 Å². The Kier molecular flexibility index (Phi) is 6.12. The number of amides is 1. The monoisotopic (exact) mass is 446 g/mol. The summed E-state index contributed by atoms with van der Waals surface area (Å²) in [6.45, 7) is 0.448. The van der Waals surface area contributed by atoms with Crippen molar-refractivity contribution in [2.75, 3.05) is 0 Å². The first-order chi connectivity index (χ1) is 16.8. The molecule has 166 valence electrons. The number of hydrogen-bond donors (Lipinski definition) is 2. The number of hydrogen-bond acceptors (Lipinski definition) is 4. The predicted octanol–water partition coefficient (Wildman–Crippen LogP) is 5.57. The molecule has 0 spiro atoms. The molecule has 0 saturated carbocycles. The van der Waals surface area contributed by atoms with E-state index in [-0.39, 0.29) is 5.91 Å². The number of hydrazone groups is 1. The first kappa shape index (κ1) is 21.2. The molecule has 0 saturated heterocycles. The topological polar surface area (TPSA) is 79.4 Å². The van der Waals surface area contributed by atoms with Crippen LogP contribution in [0.25, 0.3) is 22.0 Å². The fraction of sp³-hybridized carbons (Fsp3) is 0.0357. The number of nitrogens with one attached hydrogen (secondary N) is 2. The first-order valence-corrected chi connectivity index (χ1v) is 10.9. The standard InChI is InChI=1S/C28H22N4O2/c33-28(26-17-25(30-31-26)23-15-14-21-10-4-5-11-22(21)16-23)32-29-18-24-12-6-7-13-27(24)34-19-20-8-2-1-3-9-20/h1-18H,19H2,(H,30,31)(H,32,33). The molecule has 6 heteroatoms. The lowest BCUT2D eigenvalue weighted by atomic mass is 10.1. The quantitative estimate of drug-likeness (QED) is 0.253. The summed E-state index contributed by atoms with van der Waals surface area (Å²) in [5.74, 6) is 0.308. The molecular weight excluding hydrogens is 424 g/mol. The van der Waals surface area contributed by atoms with Crippen LogP contribution in [0.3, 0.4) is 0 Å². The molecule has 1 heterocycles. The number of rotatable bonds is 7. The molecule has 0 bridgehead atoms. The number of benzene rings is 4. The lowest BCUT2D eigenvalue weighted by Gasteiger charge is -2.08. The third-order valence-corrected chi connectivity index (χ3v) is 5.39. The van der Waals surface area contributed by atoms with Gasteiger partial charge in [-0.1, -0.05) is 78.9 Å². The maximum absolute atomic E-state index is 12.6. The van der Waals surface area contributed by atoms with Crippen molar-refractivity contribution in [3.63, 3.8) is 0 Å². The van der Waals surface area contributed by atoms with Gasteiger partial charge >= 0.3 is 0 Å². The Morgan fingerprint density at radius 1 is 0.882 bits per heavy atom. The highest BCUT2D eigenvalue weighted by Gasteiger charge is 2.11. The number of ether oxygens (including phenoxy) is 1. The van der Waals surface area contributed by atoms with E-state index >= 15 is 0 Å². The number of carbonyl (C=O) groups is 1. The van der Waals surface area contributed by atoms with E-state index in [9.17, 15) is 4.79 Å². The molecule has 0 radical (unpaired) electrons. The number of H-pyrrole nitrogens is 1. The second-order valence-corrected chi connectivity index (χ2v) is 7.74.